The Kier molecular flexibility index (Phi) is 4.97. The highest BCUT2D eigenvalue weighted by atomic mass is 19.2. The molecular formula is C16H16F2N4O2. The molecule has 1 aliphatic heterocycles. The molecule has 2 N–H and O–H groups in total. The first kappa shape index (κ1) is 16.3. The van der Waals surface area contributed by atoms with Crippen LogP contribution < -0.4 is 5.73 Å². The number of nitrogens with two attached hydrogens (primary N) is 1. The van der Waals surface area contributed by atoms with E-state index in [0.717, 1.165) is 38.6 Å². The molecule has 3 aromatic rings. The molecule has 6 nitrogen and oxygen atoms in total. The molecule has 1 aliphatic rings. The van der Waals surface area contributed by atoms with Crippen molar-refractivity contribution in [3.8, 4) is 11.1 Å². The summed E-state index contributed by atoms with van der Waals surface area (Å²) in [6, 6.07) is 7.16. The zero-order valence-electron chi connectivity index (χ0n) is 12.8. The number of anilines is 1. The molecule has 126 valence electrons. The number of fused-ring (bicyclic) bond motifs is 1. The maximum atomic E-state index is 13.2. The maximum Gasteiger partial charge on any atom is 0.240 e. The van der Waals surface area contributed by atoms with E-state index in [0.29, 0.717) is 16.8 Å². The molecular weight excluding hydrogens is 318 g/mol. The molecule has 0 aliphatic carbocycles. The predicted octanol–water partition coefficient (Wildman–Crippen LogP) is 2.29. The minimum absolute atomic E-state index is 0.130. The average Bonchev–Trinajstić information content (AvgIpc) is 2.99. The highest BCUT2D eigenvalue weighted by molar-refractivity contribution is 5.77. The SMILES string of the molecule is C1COCCO1.Nc1nc2c(-c3ccc(F)c(F)c3)cccn2n1. The van der Waals surface area contributed by atoms with E-state index in [-0.39, 0.29) is 5.95 Å². The summed E-state index contributed by atoms with van der Waals surface area (Å²) in [6.45, 7) is 3.11. The molecule has 0 spiro atoms. The third-order valence-corrected chi connectivity index (χ3v) is 3.35. The van der Waals surface area contributed by atoms with E-state index in [1.54, 1.807) is 18.3 Å². The second kappa shape index (κ2) is 7.33. The smallest absolute Gasteiger partial charge is 0.240 e. The number of benzene rings is 1. The zero-order chi connectivity index (χ0) is 16.9. The zero-order valence-corrected chi connectivity index (χ0v) is 12.8. The van der Waals surface area contributed by atoms with Crippen molar-refractivity contribution < 1.29 is 18.3 Å². The Hall–Kier alpha value is -2.58. The van der Waals surface area contributed by atoms with Crippen LogP contribution in [0.2, 0.25) is 0 Å². The number of hydrogen-bond donors (Lipinski definition) is 1. The number of hydrogen-bond acceptors (Lipinski definition) is 5. The molecule has 0 radical (unpaired) electrons. The van der Waals surface area contributed by atoms with Crippen LogP contribution in [0.4, 0.5) is 14.7 Å². The molecule has 0 bridgehead atoms. The molecule has 0 atom stereocenters. The molecule has 1 aromatic carbocycles. The van der Waals surface area contributed by atoms with E-state index >= 15 is 0 Å². The Labute approximate surface area is 136 Å². The summed E-state index contributed by atoms with van der Waals surface area (Å²) in [5.74, 6) is -1.65. The second-order valence-electron chi connectivity index (χ2n) is 5.01. The molecule has 0 saturated carbocycles. The van der Waals surface area contributed by atoms with Gasteiger partial charge in [0.15, 0.2) is 17.3 Å². The van der Waals surface area contributed by atoms with Crippen molar-refractivity contribution in [1.82, 2.24) is 14.6 Å². The number of halogens is 2. The molecule has 0 unspecified atom stereocenters. The highest BCUT2D eigenvalue weighted by Gasteiger charge is 2.10. The van der Waals surface area contributed by atoms with Crippen LogP contribution in [0.15, 0.2) is 36.5 Å². The van der Waals surface area contributed by atoms with Crippen molar-refractivity contribution >= 4 is 11.6 Å². The third-order valence-electron chi connectivity index (χ3n) is 3.35. The molecule has 0 amide bonds. The second-order valence-corrected chi connectivity index (χ2v) is 5.01. The van der Waals surface area contributed by atoms with Crippen LogP contribution in [0.1, 0.15) is 0 Å². The summed E-state index contributed by atoms with van der Waals surface area (Å²) < 4.78 is 37.5. The van der Waals surface area contributed by atoms with Crippen molar-refractivity contribution in [2.75, 3.05) is 32.2 Å². The molecule has 1 saturated heterocycles. The average molecular weight is 334 g/mol. The van der Waals surface area contributed by atoms with Gasteiger partial charge in [-0.2, -0.15) is 4.98 Å². The molecule has 24 heavy (non-hydrogen) atoms. The number of nitrogens with zero attached hydrogens (tertiary/aromatic N) is 3. The van der Waals surface area contributed by atoms with Crippen LogP contribution in [-0.4, -0.2) is 41.0 Å². The molecule has 3 heterocycles. The predicted molar refractivity (Wildman–Crippen MR) is 84.4 cm³/mol. The van der Waals surface area contributed by atoms with Gasteiger partial charge >= 0.3 is 0 Å². The van der Waals surface area contributed by atoms with Gasteiger partial charge < -0.3 is 15.2 Å². The summed E-state index contributed by atoms with van der Waals surface area (Å²) in [5.41, 5.74) is 7.18. The lowest BCUT2D eigenvalue weighted by atomic mass is 10.1. The monoisotopic (exact) mass is 334 g/mol. The number of nitrogen functional groups attached to an aromatic ring is 1. The summed E-state index contributed by atoms with van der Waals surface area (Å²) in [5, 5.41) is 3.95. The Morgan fingerprint density at radius 3 is 2.33 bits per heavy atom. The number of aromatic nitrogens is 3. The van der Waals surface area contributed by atoms with Crippen LogP contribution in [0, 0.1) is 11.6 Å². The van der Waals surface area contributed by atoms with E-state index in [2.05, 4.69) is 10.1 Å². The number of ether oxygens (including phenoxy) is 2. The van der Waals surface area contributed by atoms with Crippen LogP contribution in [-0.2, 0) is 9.47 Å². The van der Waals surface area contributed by atoms with E-state index < -0.39 is 11.6 Å². The van der Waals surface area contributed by atoms with Gasteiger partial charge in [-0.15, -0.1) is 5.10 Å². The summed E-state index contributed by atoms with van der Waals surface area (Å²) in [6.07, 6.45) is 1.68. The topological polar surface area (TPSA) is 74.7 Å². The first-order valence-corrected chi connectivity index (χ1v) is 7.37. The van der Waals surface area contributed by atoms with E-state index in [1.165, 1.54) is 10.6 Å². The Bertz CT molecular complexity index is 823. The normalized spacial score (nSPS) is 14.2. The van der Waals surface area contributed by atoms with Gasteiger partial charge in [0, 0.05) is 11.8 Å². The molecule has 1 fully saturated rings. The van der Waals surface area contributed by atoms with Crippen molar-refractivity contribution in [1.29, 1.82) is 0 Å². The highest BCUT2D eigenvalue weighted by Crippen LogP contribution is 2.25. The van der Waals surface area contributed by atoms with Gasteiger partial charge in [-0.3, -0.25) is 0 Å². The van der Waals surface area contributed by atoms with Crippen molar-refractivity contribution in [2.24, 2.45) is 0 Å². The lowest BCUT2D eigenvalue weighted by Crippen LogP contribution is -2.16. The van der Waals surface area contributed by atoms with Crippen LogP contribution in [0.3, 0.4) is 0 Å². The van der Waals surface area contributed by atoms with Crippen molar-refractivity contribution in [3.63, 3.8) is 0 Å². The third kappa shape index (κ3) is 3.66. The fourth-order valence-electron chi connectivity index (χ4n) is 2.25. The van der Waals surface area contributed by atoms with Gasteiger partial charge in [-0.25, -0.2) is 13.3 Å². The Morgan fingerprint density at radius 2 is 1.71 bits per heavy atom. The first-order valence-electron chi connectivity index (χ1n) is 7.37. The first-order chi connectivity index (χ1) is 11.6. The Balaban J connectivity index is 0.000000238. The molecule has 2 aromatic heterocycles. The van der Waals surface area contributed by atoms with Crippen LogP contribution in [0.25, 0.3) is 16.8 Å². The van der Waals surface area contributed by atoms with Crippen molar-refractivity contribution in [2.45, 2.75) is 0 Å². The van der Waals surface area contributed by atoms with Gasteiger partial charge in [-0.05, 0) is 29.8 Å². The summed E-state index contributed by atoms with van der Waals surface area (Å²) >= 11 is 0. The minimum Gasteiger partial charge on any atom is -0.377 e. The van der Waals surface area contributed by atoms with Gasteiger partial charge in [0.25, 0.3) is 0 Å². The van der Waals surface area contributed by atoms with E-state index in [1.807, 2.05) is 0 Å². The van der Waals surface area contributed by atoms with Crippen molar-refractivity contribution in [3.05, 3.63) is 48.2 Å². The molecule has 4 rings (SSSR count). The van der Waals surface area contributed by atoms with Gasteiger partial charge in [0.1, 0.15) is 0 Å². The fraction of sp³-hybridized carbons (Fsp3) is 0.250. The number of pyridine rings is 1. The minimum atomic E-state index is -0.901. The van der Waals surface area contributed by atoms with E-state index in [4.69, 9.17) is 15.2 Å². The van der Waals surface area contributed by atoms with Gasteiger partial charge in [0.2, 0.25) is 5.95 Å². The Morgan fingerprint density at radius 1 is 1.00 bits per heavy atom. The largest absolute Gasteiger partial charge is 0.377 e. The quantitative estimate of drug-likeness (QED) is 0.739. The lowest BCUT2D eigenvalue weighted by molar-refractivity contribution is -0.0334. The van der Waals surface area contributed by atoms with E-state index in [9.17, 15) is 8.78 Å². The number of rotatable bonds is 1. The maximum absolute atomic E-state index is 13.2. The van der Waals surface area contributed by atoms with Crippen LogP contribution >= 0.6 is 0 Å². The fourth-order valence-corrected chi connectivity index (χ4v) is 2.25. The van der Waals surface area contributed by atoms with Gasteiger partial charge in [0.05, 0.1) is 26.4 Å². The van der Waals surface area contributed by atoms with Crippen LogP contribution in [0.5, 0.6) is 0 Å². The standard InChI is InChI=1S/C12H8F2N4.C4H8O2/c13-9-4-3-7(6-10(9)14)8-2-1-5-18-11(8)16-12(15)17-18;1-2-6-4-3-5-1/h1-6H,(H2,15,17);1-4H2. The van der Waals surface area contributed by atoms with Gasteiger partial charge in [-0.1, -0.05) is 6.07 Å². The summed E-state index contributed by atoms with van der Waals surface area (Å²) in [7, 11) is 0. The lowest BCUT2D eigenvalue weighted by Gasteiger charge is -2.09. The summed E-state index contributed by atoms with van der Waals surface area (Å²) in [4.78, 5) is 4.06. The molecule has 8 heteroatoms.